The topological polar surface area (TPSA) is 110 Å². The van der Waals surface area contributed by atoms with Crippen molar-refractivity contribution < 1.29 is 19.4 Å². The van der Waals surface area contributed by atoms with Gasteiger partial charge in [-0.15, -0.1) is 0 Å². The van der Waals surface area contributed by atoms with E-state index in [0.29, 0.717) is 29.2 Å². The molecule has 9 heteroatoms. The number of hydrogen-bond acceptors (Lipinski definition) is 5. The fourth-order valence-electron chi connectivity index (χ4n) is 4.39. The molecule has 1 fully saturated rings. The number of anilines is 1. The molecule has 0 atom stereocenters. The zero-order valence-corrected chi connectivity index (χ0v) is 20.8. The van der Waals surface area contributed by atoms with Crippen molar-refractivity contribution in [3.8, 4) is 22.8 Å². The molecule has 9 nitrogen and oxygen atoms in total. The van der Waals surface area contributed by atoms with Crippen molar-refractivity contribution in [2.75, 3.05) is 12.4 Å². The summed E-state index contributed by atoms with van der Waals surface area (Å²) < 4.78 is 8.32. The molecule has 2 heterocycles. The number of benzene rings is 2. The van der Waals surface area contributed by atoms with Crippen LogP contribution < -0.4 is 15.4 Å². The second-order valence-electron chi connectivity index (χ2n) is 9.19. The summed E-state index contributed by atoms with van der Waals surface area (Å²) in [5, 5.41) is 21.0. The van der Waals surface area contributed by atoms with Gasteiger partial charge in [0.2, 0.25) is 0 Å². The SMILES string of the molecule is COc1ccc(CNC(=O)n2nc(-c3cc(NC(=O)c4cccn4C)ccc3O)cc2C2CCC2)cc1. The number of carbonyl (C=O) groups is 2. The van der Waals surface area contributed by atoms with E-state index in [-0.39, 0.29) is 23.6 Å². The second kappa shape index (κ2) is 10.2. The second-order valence-corrected chi connectivity index (χ2v) is 9.19. The number of aryl methyl sites for hydroxylation is 1. The number of aromatic hydroxyl groups is 1. The number of aromatic nitrogens is 3. The Kier molecular flexibility index (Phi) is 6.68. The summed E-state index contributed by atoms with van der Waals surface area (Å²) in [6.07, 6.45) is 4.86. The molecule has 3 N–H and O–H groups in total. The van der Waals surface area contributed by atoms with Crippen LogP contribution in [0.3, 0.4) is 0 Å². The van der Waals surface area contributed by atoms with Gasteiger partial charge < -0.3 is 25.0 Å². The van der Waals surface area contributed by atoms with Gasteiger partial charge in [-0.05, 0) is 66.9 Å². The predicted molar refractivity (Wildman–Crippen MR) is 140 cm³/mol. The number of phenolic OH excluding ortho intramolecular Hbond substituents is 1. The molecule has 5 rings (SSSR count). The van der Waals surface area contributed by atoms with Crippen LogP contribution in [0, 0.1) is 0 Å². The molecule has 1 aliphatic carbocycles. The maximum atomic E-state index is 13.2. The number of ether oxygens (including phenoxy) is 1. The molecule has 2 aromatic heterocycles. The average molecular weight is 500 g/mol. The molecule has 2 amide bonds. The molecule has 2 aromatic carbocycles. The zero-order chi connectivity index (χ0) is 25.9. The number of nitrogens with one attached hydrogen (secondary N) is 2. The number of rotatable bonds is 7. The van der Waals surface area contributed by atoms with Crippen molar-refractivity contribution in [2.45, 2.75) is 31.7 Å². The highest BCUT2D eigenvalue weighted by atomic mass is 16.5. The van der Waals surface area contributed by atoms with Crippen LogP contribution in [-0.2, 0) is 13.6 Å². The molecule has 0 saturated heterocycles. The van der Waals surface area contributed by atoms with Crippen LogP contribution in [0.15, 0.2) is 66.9 Å². The summed E-state index contributed by atoms with van der Waals surface area (Å²) in [6, 6.07) is 17.3. The smallest absolute Gasteiger partial charge is 0.342 e. The first-order chi connectivity index (χ1) is 17.9. The van der Waals surface area contributed by atoms with E-state index in [9.17, 15) is 14.7 Å². The van der Waals surface area contributed by atoms with Crippen molar-refractivity contribution >= 4 is 17.6 Å². The number of phenols is 1. The largest absolute Gasteiger partial charge is 0.507 e. The summed E-state index contributed by atoms with van der Waals surface area (Å²) >= 11 is 0. The molecule has 0 bridgehead atoms. The van der Waals surface area contributed by atoms with Crippen molar-refractivity contribution in [1.29, 1.82) is 0 Å². The number of methoxy groups -OCH3 is 1. The Morgan fingerprint density at radius 1 is 1.11 bits per heavy atom. The van der Waals surface area contributed by atoms with Crippen molar-refractivity contribution in [2.24, 2.45) is 7.05 Å². The van der Waals surface area contributed by atoms with Crippen molar-refractivity contribution in [3.63, 3.8) is 0 Å². The van der Waals surface area contributed by atoms with Crippen LogP contribution in [0.2, 0.25) is 0 Å². The fraction of sp³-hybridized carbons (Fsp3) is 0.250. The maximum absolute atomic E-state index is 13.2. The lowest BCUT2D eigenvalue weighted by atomic mass is 9.82. The Balaban J connectivity index is 1.39. The molecule has 4 aromatic rings. The minimum absolute atomic E-state index is 0.0142. The van der Waals surface area contributed by atoms with E-state index in [1.165, 1.54) is 10.7 Å². The third kappa shape index (κ3) is 5.06. The first-order valence-electron chi connectivity index (χ1n) is 12.2. The number of amides is 2. The van der Waals surface area contributed by atoms with E-state index in [4.69, 9.17) is 4.74 Å². The third-order valence-corrected chi connectivity index (χ3v) is 6.76. The van der Waals surface area contributed by atoms with Gasteiger partial charge in [-0.1, -0.05) is 18.6 Å². The maximum Gasteiger partial charge on any atom is 0.342 e. The third-order valence-electron chi connectivity index (χ3n) is 6.76. The standard InChI is InChI=1S/C28H29N5O4/c1-32-14-4-7-24(32)27(35)30-20-10-13-26(34)22(15-20)23-16-25(19-5-3-6-19)33(31-23)28(36)29-17-18-8-11-21(37-2)12-9-18/h4,7-16,19,34H,3,5-6,17H2,1-2H3,(H,29,36)(H,30,35). The van der Waals surface area contributed by atoms with Crippen molar-refractivity contribution in [1.82, 2.24) is 19.7 Å². The van der Waals surface area contributed by atoms with Crippen LogP contribution in [0.25, 0.3) is 11.3 Å². The quantitative estimate of drug-likeness (QED) is 0.314. The molecule has 0 radical (unpaired) electrons. The van der Waals surface area contributed by atoms with Crippen molar-refractivity contribution in [3.05, 3.63) is 83.8 Å². The molecule has 37 heavy (non-hydrogen) atoms. The minimum atomic E-state index is -0.336. The van der Waals surface area contributed by atoms with Crippen LogP contribution in [-0.4, -0.2) is 38.5 Å². The minimum Gasteiger partial charge on any atom is -0.507 e. The lowest BCUT2D eigenvalue weighted by Gasteiger charge is -2.25. The van der Waals surface area contributed by atoms with Gasteiger partial charge in [0.15, 0.2) is 0 Å². The van der Waals surface area contributed by atoms with Gasteiger partial charge in [-0.25, -0.2) is 4.79 Å². The fourth-order valence-corrected chi connectivity index (χ4v) is 4.39. The number of nitrogens with zero attached hydrogens (tertiary/aromatic N) is 3. The van der Waals surface area contributed by atoms with Crippen LogP contribution in [0.4, 0.5) is 10.5 Å². The van der Waals surface area contributed by atoms with Crippen LogP contribution in [0.1, 0.15) is 46.9 Å². The summed E-state index contributed by atoms with van der Waals surface area (Å²) in [4.78, 5) is 25.8. The Labute approximate surface area is 214 Å². The Bertz CT molecular complexity index is 1430. The Hall–Kier alpha value is -4.53. The van der Waals surface area contributed by atoms with Gasteiger partial charge in [0, 0.05) is 37.0 Å². The summed E-state index contributed by atoms with van der Waals surface area (Å²) in [7, 11) is 3.41. The molecule has 1 saturated carbocycles. The number of hydrogen-bond donors (Lipinski definition) is 3. The van der Waals surface area contributed by atoms with Gasteiger partial charge in [0.25, 0.3) is 5.91 Å². The predicted octanol–water partition coefficient (Wildman–Crippen LogP) is 4.88. The molecule has 0 aliphatic heterocycles. The first-order valence-corrected chi connectivity index (χ1v) is 12.2. The molecule has 0 unspecified atom stereocenters. The summed E-state index contributed by atoms with van der Waals surface area (Å²) in [6.45, 7) is 0.341. The Morgan fingerprint density at radius 2 is 1.89 bits per heavy atom. The summed E-state index contributed by atoms with van der Waals surface area (Å²) in [5.74, 6) is 0.736. The Morgan fingerprint density at radius 3 is 2.54 bits per heavy atom. The van der Waals surface area contributed by atoms with E-state index < -0.39 is 0 Å². The number of carbonyl (C=O) groups excluding carboxylic acids is 2. The van der Waals surface area contributed by atoms with Crippen LogP contribution >= 0.6 is 0 Å². The first kappa shape index (κ1) is 24.2. The molecule has 0 spiro atoms. The van der Waals surface area contributed by atoms with E-state index in [1.54, 1.807) is 49.2 Å². The van der Waals surface area contributed by atoms with Gasteiger partial charge in [0.05, 0.1) is 18.5 Å². The summed E-state index contributed by atoms with van der Waals surface area (Å²) in [5.41, 5.74) is 3.68. The van der Waals surface area contributed by atoms with E-state index in [0.717, 1.165) is 36.3 Å². The van der Waals surface area contributed by atoms with Gasteiger partial charge in [-0.2, -0.15) is 9.78 Å². The highest BCUT2D eigenvalue weighted by Gasteiger charge is 2.27. The molecular formula is C28H29N5O4. The van der Waals surface area contributed by atoms with E-state index in [1.807, 2.05) is 30.3 Å². The normalized spacial score (nSPS) is 13.1. The van der Waals surface area contributed by atoms with Gasteiger partial charge >= 0.3 is 6.03 Å². The molecule has 190 valence electrons. The highest BCUT2D eigenvalue weighted by Crippen LogP contribution is 2.39. The molecule has 1 aliphatic rings. The highest BCUT2D eigenvalue weighted by molar-refractivity contribution is 6.03. The average Bonchev–Trinajstić information content (AvgIpc) is 3.49. The lowest BCUT2D eigenvalue weighted by molar-refractivity contribution is 0.101. The zero-order valence-electron chi connectivity index (χ0n) is 20.8. The lowest BCUT2D eigenvalue weighted by Crippen LogP contribution is -2.31. The van der Waals surface area contributed by atoms with E-state index >= 15 is 0 Å². The molecular weight excluding hydrogens is 470 g/mol. The monoisotopic (exact) mass is 499 g/mol. The van der Waals surface area contributed by atoms with Gasteiger partial charge in [-0.3, -0.25) is 4.79 Å². The van der Waals surface area contributed by atoms with Crippen LogP contribution in [0.5, 0.6) is 11.5 Å². The van der Waals surface area contributed by atoms with E-state index in [2.05, 4.69) is 15.7 Å². The van der Waals surface area contributed by atoms with Gasteiger partial charge in [0.1, 0.15) is 17.2 Å².